The van der Waals surface area contributed by atoms with Crippen LogP contribution in [0.15, 0.2) is 0 Å². The first-order valence-electron chi connectivity index (χ1n) is 4.97. The molecule has 74 valence electrons. The van der Waals surface area contributed by atoms with Crippen LogP contribution in [0.25, 0.3) is 0 Å². The summed E-state index contributed by atoms with van der Waals surface area (Å²) in [5.74, 6) is 0.779. The van der Waals surface area contributed by atoms with Gasteiger partial charge in [0.15, 0.2) is 0 Å². The van der Waals surface area contributed by atoms with Gasteiger partial charge in [0, 0.05) is 5.54 Å². The predicted molar refractivity (Wildman–Crippen MR) is 55.0 cm³/mol. The van der Waals surface area contributed by atoms with Gasteiger partial charge in [-0.2, -0.15) is 0 Å². The van der Waals surface area contributed by atoms with Crippen LogP contribution < -0.4 is 11.5 Å². The van der Waals surface area contributed by atoms with E-state index >= 15 is 0 Å². The van der Waals surface area contributed by atoms with Crippen molar-refractivity contribution in [2.75, 3.05) is 7.05 Å². The lowest BCUT2D eigenvalue weighted by Gasteiger charge is -2.33. The Labute approximate surface area is 76.7 Å². The number of hydrogen-bond donors (Lipinski definition) is 2. The summed E-state index contributed by atoms with van der Waals surface area (Å²) in [5, 5.41) is 0. The average molecular weight is 172 g/mol. The van der Waals surface area contributed by atoms with Crippen LogP contribution in [0.1, 0.15) is 46.0 Å². The minimum atomic E-state index is 0.0699. The first-order valence-corrected chi connectivity index (χ1v) is 4.97. The summed E-state index contributed by atoms with van der Waals surface area (Å²) < 4.78 is 0. The van der Waals surface area contributed by atoms with Gasteiger partial charge in [0.25, 0.3) is 0 Å². The van der Waals surface area contributed by atoms with Gasteiger partial charge in [-0.25, -0.2) is 0 Å². The molecule has 1 fully saturated rings. The maximum Gasteiger partial charge on any atom is 0.0125 e. The van der Waals surface area contributed by atoms with Crippen molar-refractivity contribution in [3.63, 3.8) is 0 Å². The largest absolute Gasteiger partial charge is 0.333 e. The molecule has 0 radical (unpaired) electrons. The Kier molecular flexibility index (Phi) is 5.51. The maximum atomic E-state index is 6.01. The lowest BCUT2D eigenvalue weighted by Crippen LogP contribution is -2.41. The minimum absolute atomic E-state index is 0.0699. The monoisotopic (exact) mass is 172 g/mol. The zero-order chi connectivity index (χ0) is 9.61. The zero-order valence-electron chi connectivity index (χ0n) is 8.77. The summed E-state index contributed by atoms with van der Waals surface area (Å²) in [4.78, 5) is 0. The molecule has 0 saturated heterocycles. The molecule has 12 heavy (non-hydrogen) atoms. The van der Waals surface area contributed by atoms with Gasteiger partial charge in [0.1, 0.15) is 0 Å². The summed E-state index contributed by atoms with van der Waals surface area (Å²) in [6.07, 6.45) is 6.91. The van der Waals surface area contributed by atoms with Gasteiger partial charge in [-0.05, 0) is 39.7 Å². The molecule has 0 unspecified atom stereocenters. The summed E-state index contributed by atoms with van der Waals surface area (Å²) in [7, 11) is 1.50. The third-order valence-electron chi connectivity index (χ3n) is 2.66. The molecule has 4 N–H and O–H groups in total. The van der Waals surface area contributed by atoms with Gasteiger partial charge in [0.2, 0.25) is 0 Å². The minimum Gasteiger partial charge on any atom is -0.333 e. The Morgan fingerprint density at radius 2 is 1.42 bits per heavy atom. The molecule has 0 aliphatic heterocycles. The normalized spacial score (nSPS) is 19.8. The van der Waals surface area contributed by atoms with Gasteiger partial charge in [0.05, 0.1) is 0 Å². The summed E-state index contributed by atoms with van der Waals surface area (Å²) in [6, 6.07) is 0. The lowest BCUT2D eigenvalue weighted by molar-refractivity contribution is 0.240. The third-order valence-corrected chi connectivity index (χ3v) is 2.66. The average Bonchev–Trinajstić information content (AvgIpc) is 2.08. The molecule has 0 heterocycles. The molecule has 0 atom stereocenters. The van der Waals surface area contributed by atoms with E-state index < -0.39 is 0 Å². The molecule has 2 nitrogen and oxygen atoms in total. The third kappa shape index (κ3) is 4.07. The van der Waals surface area contributed by atoms with Crippen LogP contribution in [0.2, 0.25) is 0 Å². The molecule has 0 spiro atoms. The van der Waals surface area contributed by atoms with E-state index in [2.05, 4.69) is 19.6 Å². The van der Waals surface area contributed by atoms with Crippen molar-refractivity contribution in [2.45, 2.75) is 51.5 Å². The van der Waals surface area contributed by atoms with Crippen LogP contribution in [-0.4, -0.2) is 12.6 Å². The van der Waals surface area contributed by atoms with Crippen molar-refractivity contribution in [1.82, 2.24) is 0 Å². The highest BCUT2D eigenvalue weighted by molar-refractivity contribution is 4.83. The second kappa shape index (κ2) is 5.55. The predicted octanol–water partition coefficient (Wildman–Crippen LogP) is 1.88. The van der Waals surface area contributed by atoms with Crippen molar-refractivity contribution >= 4 is 0 Å². The van der Waals surface area contributed by atoms with Crippen molar-refractivity contribution < 1.29 is 0 Å². The van der Waals surface area contributed by atoms with Gasteiger partial charge in [-0.15, -0.1) is 0 Å². The maximum absolute atomic E-state index is 6.01. The number of rotatable bonds is 1. The SMILES string of the molecule is CC(C)(N)C1CCCCC1.CN. The highest BCUT2D eigenvalue weighted by atomic mass is 14.7. The Balaban J connectivity index is 0.000000561. The van der Waals surface area contributed by atoms with Gasteiger partial charge >= 0.3 is 0 Å². The van der Waals surface area contributed by atoms with E-state index in [-0.39, 0.29) is 5.54 Å². The van der Waals surface area contributed by atoms with Crippen LogP contribution in [0.3, 0.4) is 0 Å². The fraction of sp³-hybridized carbons (Fsp3) is 1.00. The topological polar surface area (TPSA) is 52.0 Å². The van der Waals surface area contributed by atoms with E-state index in [1.165, 1.54) is 39.2 Å². The summed E-state index contributed by atoms with van der Waals surface area (Å²) >= 11 is 0. The quantitative estimate of drug-likeness (QED) is 0.634. The standard InChI is InChI=1S/C9H19N.CH5N/c1-9(2,10)8-6-4-3-5-7-8;1-2/h8H,3-7,10H2,1-2H3;2H2,1H3. The van der Waals surface area contributed by atoms with E-state index in [9.17, 15) is 0 Å². The van der Waals surface area contributed by atoms with Gasteiger partial charge < -0.3 is 11.5 Å². The Morgan fingerprint density at radius 3 is 1.67 bits per heavy atom. The molecule has 0 aromatic rings. The van der Waals surface area contributed by atoms with E-state index in [0.717, 1.165) is 5.92 Å². The lowest BCUT2D eigenvalue weighted by atomic mass is 9.77. The van der Waals surface area contributed by atoms with E-state index in [1.807, 2.05) is 0 Å². The summed E-state index contributed by atoms with van der Waals surface area (Å²) in [5.41, 5.74) is 10.6. The molecule has 1 aliphatic rings. The van der Waals surface area contributed by atoms with E-state index in [4.69, 9.17) is 5.73 Å². The molecule has 1 saturated carbocycles. The second-order valence-electron chi connectivity index (χ2n) is 4.16. The first kappa shape index (κ1) is 11.9. The van der Waals surface area contributed by atoms with Crippen molar-refractivity contribution in [1.29, 1.82) is 0 Å². The molecular weight excluding hydrogens is 148 g/mol. The van der Waals surface area contributed by atoms with E-state index in [0.29, 0.717) is 0 Å². The smallest absolute Gasteiger partial charge is 0.0125 e. The number of hydrogen-bond acceptors (Lipinski definition) is 2. The highest BCUT2D eigenvalue weighted by Gasteiger charge is 2.25. The van der Waals surface area contributed by atoms with E-state index in [1.54, 1.807) is 0 Å². The van der Waals surface area contributed by atoms with Gasteiger partial charge in [-0.1, -0.05) is 19.3 Å². The van der Waals surface area contributed by atoms with Crippen LogP contribution in [0, 0.1) is 5.92 Å². The van der Waals surface area contributed by atoms with Crippen LogP contribution in [0.4, 0.5) is 0 Å². The summed E-state index contributed by atoms with van der Waals surface area (Å²) in [6.45, 7) is 4.31. The second-order valence-corrected chi connectivity index (χ2v) is 4.16. The molecule has 1 rings (SSSR count). The molecule has 0 bridgehead atoms. The van der Waals surface area contributed by atoms with Crippen molar-refractivity contribution in [3.05, 3.63) is 0 Å². The van der Waals surface area contributed by atoms with Crippen LogP contribution in [-0.2, 0) is 0 Å². The Hall–Kier alpha value is -0.0800. The Morgan fingerprint density at radius 1 is 1.00 bits per heavy atom. The van der Waals surface area contributed by atoms with Gasteiger partial charge in [-0.3, -0.25) is 0 Å². The fourth-order valence-electron chi connectivity index (χ4n) is 1.85. The number of nitrogens with two attached hydrogens (primary N) is 2. The fourth-order valence-corrected chi connectivity index (χ4v) is 1.85. The molecule has 0 aromatic heterocycles. The molecule has 0 aromatic carbocycles. The van der Waals surface area contributed by atoms with Crippen LogP contribution in [0.5, 0.6) is 0 Å². The van der Waals surface area contributed by atoms with Crippen molar-refractivity contribution in [3.8, 4) is 0 Å². The molecule has 1 aliphatic carbocycles. The Bertz CT molecular complexity index is 98.9. The van der Waals surface area contributed by atoms with Crippen molar-refractivity contribution in [2.24, 2.45) is 17.4 Å². The highest BCUT2D eigenvalue weighted by Crippen LogP contribution is 2.30. The molecule has 0 amide bonds. The molecular formula is C10H24N2. The van der Waals surface area contributed by atoms with Crippen LogP contribution >= 0.6 is 0 Å². The first-order chi connectivity index (χ1) is 5.61. The zero-order valence-corrected chi connectivity index (χ0v) is 8.77. The molecule has 2 heteroatoms.